The van der Waals surface area contributed by atoms with Gasteiger partial charge in [0.1, 0.15) is 5.82 Å². The van der Waals surface area contributed by atoms with E-state index in [1.165, 1.54) is 21.9 Å². The lowest BCUT2D eigenvalue weighted by atomic mass is 10.3. The van der Waals surface area contributed by atoms with Gasteiger partial charge in [0, 0.05) is 15.8 Å². The van der Waals surface area contributed by atoms with Gasteiger partial charge in [-0.25, -0.2) is 9.37 Å². The molecule has 2 heterocycles. The Hall–Kier alpha value is -1.46. The Morgan fingerprint density at radius 3 is 2.79 bits per heavy atom. The average Bonchev–Trinajstić information content (AvgIpc) is 3.01. The van der Waals surface area contributed by atoms with Gasteiger partial charge in [0.05, 0.1) is 16.8 Å². The van der Waals surface area contributed by atoms with Crippen molar-refractivity contribution < 1.29 is 4.39 Å². The predicted molar refractivity (Wildman–Crippen MR) is 80.6 cm³/mol. The SMILES string of the molecule is CCc1ccc(CNc2nc3cc(F)ccc3s2)s1. The van der Waals surface area contributed by atoms with E-state index in [1.54, 1.807) is 17.4 Å². The fraction of sp³-hybridized carbons (Fsp3) is 0.214. The highest BCUT2D eigenvalue weighted by molar-refractivity contribution is 7.22. The topological polar surface area (TPSA) is 24.9 Å². The van der Waals surface area contributed by atoms with Gasteiger partial charge in [0.2, 0.25) is 0 Å². The summed E-state index contributed by atoms with van der Waals surface area (Å²) in [6.07, 6.45) is 1.07. The number of benzene rings is 1. The first-order chi connectivity index (χ1) is 9.24. The van der Waals surface area contributed by atoms with E-state index < -0.39 is 0 Å². The van der Waals surface area contributed by atoms with Crippen molar-refractivity contribution >= 4 is 38.0 Å². The van der Waals surface area contributed by atoms with Crippen molar-refractivity contribution in [2.75, 3.05) is 5.32 Å². The summed E-state index contributed by atoms with van der Waals surface area (Å²) in [5, 5.41) is 4.14. The minimum absolute atomic E-state index is 0.241. The highest BCUT2D eigenvalue weighted by Crippen LogP contribution is 2.27. The monoisotopic (exact) mass is 292 g/mol. The zero-order chi connectivity index (χ0) is 13.2. The number of thiophene rings is 1. The number of aryl methyl sites for hydroxylation is 1. The normalized spacial score (nSPS) is 11.1. The number of halogens is 1. The van der Waals surface area contributed by atoms with Crippen molar-refractivity contribution in [1.29, 1.82) is 0 Å². The zero-order valence-corrected chi connectivity index (χ0v) is 12.1. The second-order valence-corrected chi connectivity index (χ2v) is 6.49. The molecule has 0 saturated carbocycles. The molecule has 1 aromatic carbocycles. The van der Waals surface area contributed by atoms with E-state index in [1.807, 2.05) is 11.3 Å². The Balaban J connectivity index is 1.74. The van der Waals surface area contributed by atoms with Crippen LogP contribution >= 0.6 is 22.7 Å². The van der Waals surface area contributed by atoms with Crippen molar-refractivity contribution in [2.24, 2.45) is 0 Å². The Morgan fingerprint density at radius 1 is 1.16 bits per heavy atom. The molecule has 5 heteroatoms. The van der Waals surface area contributed by atoms with Gasteiger partial charge in [0.25, 0.3) is 0 Å². The van der Waals surface area contributed by atoms with Gasteiger partial charge in [0.15, 0.2) is 5.13 Å². The number of aromatic nitrogens is 1. The molecule has 0 fully saturated rings. The molecule has 98 valence electrons. The molecule has 0 aliphatic rings. The molecule has 0 amide bonds. The Labute approximate surface area is 118 Å². The van der Waals surface area contributed by atoms with Gasteiger partial charge >= 0.3 is 0 Å². The Bertz CT molecular complexity index is 702. The third-order valence-electron chi connectivity index (χ3n) is 2.83. The summed E-state index contributed by atoms with van der Waals surface area (Å²) in [5.74, 6) is -0.241. The summed E-state index contributed by atoms with van der Waals surface area (Å²) in [7, 11) is 0. The summed E-state index contributed by atoms with van der Waals surface area (Å²) in [4.78, 5) is 7.07. The fourth-order valence-electron chi connectivity index (χ4n) is 1.85. The second kappa shape index (κ2) is 5.27. The average molecular weight is 292 g/mol. The second-order valence-electron chi connectivity index (χ2n) is 4.21. The lowest BCUT2D eigenvalue weighted by Crippen LogP contribution is -1.96. The van der Waals surface area contributed by atoms with Crippen LogP contribution in [0.3, 0.4) is 0 Å². The van der Waals surface area contributed by atoms with Gasteiger partial charge < -0.3 is 5.32 Å². The van der Waals surface area contributed by atoms with Crippen LogP contribution in [-0.2, 0) is 13.0 Å². The maximum Gasteiger partial charge on any atom is 0.184 e. The molecule has 1 N–H and O–H groups in total. The van der Waals surface area contributed by atoms with Crippen LogP contribution in [0.1, 0.15) is 16.7 Å². The molecule has 2 aromatic heterocycles. The number of hydrogen-bond acceptors (Lipinski definition) is 4. The third kappa shape index (κ3) is 2.77. The standard InChI is InChI=1S/C14H13FN2S2/c1-2-10-4-5-11(18-10)8-16-14-17-12-7-9(15)3-6-13(12)19-14/h3-7H,2,8H2,1H3,(H,16,17). The largest absolute Gasteiger partial charge is 0.357 e. The molecule has 19 heavy (non-hydrogen) atoms. The lowest BCUT2D eigenvalue weighted by Gasteiger charge is -1.98. The maximum atomic E-state index is 13.1. The van der Waals surface area contributed by atoms with Gasteiger partial charge in [-0.05, 0) is 30.7 Å². The van der Waals surface area contributed by atoms with E-state index in [9.17, 15) is 4.39 Å². The Morgan fingerprint density at radius 2 is 2.00 bits per heavy atom. The number of anilines is 1. The number of nitrogens with zero attached hydrogens (tertiary/aromatic N) is 1. The van der Waals surface area contributed by atoms with Gasteiger partial charge in [-0.1, -0.05) is 18.3 Å². The minimum Gasteiger partial charge on any atom is -0.357 e. The number of nitrogens with one attached hydrogen (secondary N) is 1. The molecule has 0 spiro atoms. The van der Waals surface area contributed by atoms with Crippen LogP contribution in [0.4, 0.5) is 9.52 Å². The van der Waals surface area contributed by atoms with E-state index in [4.69, 9.17) is 0 Å². The van der Waals surface area contributed by atoms with Gasteiger partial charge in [-0.2, -0.15) is 0 Å². The predicted octanol–water partition coefficient (Wildman–Crippen LogP) is 4.67. The molecule has 0 radical (unpaired) electrons. The molecule has 3 rings (SSSR count). The van der Waals surface area contributed by atoms with Crippen molar-refractivity contribution in [3.63, 3.8) is 0 Å². The smallest absolute Gasteiger partial charge is 0.184 e. The van der Waals surface area contributed by atoms with Gasteiger partial charge in [-0.15, -0.1) is 11.3 Å². The molecule has 0 bridgehead atoms. The first-order valence-corrected chi connectivity index (χ1v) is 7.75. The number of hydrogen-bond donors (Lipinski definition) is 1. The van der Waals surface area contributed by atoms with Crippen molar-refractivity contribution in [2.45, 2.75) is 19.9 Å². The first-order valence-electron chi connectivity index (χ1n) is 6.12. The van der Waals surface area contributed by atoms with Crippen LogP contribution in [0.2, 0.25) is 0 Å². The van der Waals surface area contributed by atoms with Crippen LogP contribution < -0.4 is 5.32 Å². The quantitative estimate of drug-likeness (QED) is 0.755. The van der Waals surface area contributed by atoms with Crippen LogP contribution in [0.15, 0.2) is 30.3 Å². The van der Waals surface area contributed by atoms with E-state index >= 15 is 0 Å². The lowest BCUT2D eigenvalue weighted by molar-refractivity contribution is 0.629. The Kier molecular flexibility index (Phi) is 3.48. The van der Waals surface area contributed by atoms with E-state index in [-0.39, 0.29) is 5.82 Å². The molecule has 0 atom stereocenters. The zero-order valence-electron chi connectivity index (χ0n) is 10.4. The summed E-state index contributed by atoms with van der Waals surface area (Å²) >= 11 is 3.37. The first kappa shape index (κ1) is 12.6. The van der Waals surface area contributed by atoms with Gasteiger partial charge in [-0.3, -0.25) is 0 Å². The van der Waals surface area contributed by atoms with Crippen molar-refractivity contribution in [1.82, 2.24) is 4.98 Å². The summed E-state index contributed by atoms with van der Waals surface area (Å²) < 4.78 is 14.1. The molecule has 0 aliphatic heterocycles. The van der Waals surface area contributed by atoms with Crippen molar-refractivity contribution in [3.8, 4) is 0 Å². The number of rotatable bonds is 4. The summed E-state index contributed by atoms with van der Waals surface area (Å²) in [5.41, 5.74) is 0.716. The highest BCUT2D eigenvalue weighted by atomic mass is 32.1. The molecule has 3 aromatic rings. The van der Waals surface area contributed by atoms with E-state index in [0.717, 1.165) is 22.8 Å². The molecular formula is C14H13FN2S2. The summed E-state index contributed by atoms with van der Waals surface area (Å²) in [6, 6.07) is 9.02. The molecular weight excluding hydrogens is 279 g/mol. The number of fused-ring (bicyclic) bond motifs is 1. The van der Waals surface area contributed by atoms with Crippen LogP contribution in [-0.4, -0.2) is 4.98 Å². The minimum atomic E-state index is -0.241. The molecule has 2 nitrogen and oxygen atoms in total. The molecule has 0 aliphatic carbocycles. The highest BCUT2D eigenvalue weighted by Gasteiger charge is 2.05. The van der Waals surface area contributed by atoms with E-state index in [0.29, 0.717) is 5.52 Å². The third-order valence-corrected chi connectivity index (χ3v) is 5.05. The van der Waals surface area contributed by atoms with Crippen molar-refractivity contribution in [3.05, 3.63) is 45.9 Å². The number of thiazole rings is 1. The maximum absolute atomic E-state index is 13.1. The summed E-state index contributed by atoms with van der Waals surface area (Å²) in [6.45, 7) is 2.93. The molecule has 0 unspecified atom stereocenters. The van der Waals surface area contributed by atoms with Crippen LogP contribution in [0, 0.1) is 5.82 Å². The van der Waals surface area contributed by atoms with E-state index in [2.05, 4.69) is 29.4 Å². The van der Waals surface area contributed by atoms with Crippen LogP contribution in [0.5, 0.6) is 0 Å². The molecule has 0 saturated heterocycles. The fourth-order valence-corrected chi connectivity index (χ4v) is 3.59. The van der Waals surface area contributed by atoms with Crippen LogP contribution in [0.25, 0.3) is 10.2 Å².